The van der Waals surface area contributed by atoms with Crippen LogP contribution in [0.3, 0.4) is 0 Å². The summed E-state index contributed by atoms with van der Waals surface area (Å²) in [5.74, 6) is 1.64. The number of carbonyl (C=O) groups is 2. The van der Waals surface area contributed by atoms with Gasteiger partial charge < -0.3 is 19.5 Å². The Kier molecular flexibility index (Phi) is 6.25. The van der Waals surface area contributed by atoms with Crippen LogP contribution in [0.25, 0.3) is 0 Å². The molecule has 0 saturated carbocycles. The molecule has 0 heterocycles. The zero-order chi connectivity index (χ0) is 19.8. The third-order valence-electron chi connectivity index (χ3n) is 3.83. The first-order valence-corrected chi connectivity index (χ1v) is 8.57. The van der Waals surface area contributed by atoms with E-state index in [9.17, 15) is 9.59 Å². The summed E-state index contributed by atoms with van der Waals surface area (Å²) in [6.07, 6.45) is 0.652. The molecule has 0 atom stereocenters. The first kappa shape index (κ1) is 19.0. The third kappa shape index (κ3) is 4.88. The number of anilines is 1. The molecular formula is C22H19NO5. The van der Waals surface area contributed by atoms with Crippen LogP contribution in [-0.2, 0) is 4.79 Å². The molecule has 6 nitrogen and oxygen atoms in total. The maximum atomic E-state index is 12.3. The number of carbonyl (C=O) groups excluding carboxylic acids is 2. The maximum Gasteiger partial charge on any atom is 0.262 e. The van der Waals surface area contributed by atoms with Crippen LogP contribution >= 0.6 is 0 Å². The molecule has 0 aliphatic carbocycles. The Hall–Kier alpha value is -3.80. The van der Waals surface area contributed by atoms with Crippen LogP contribution in [0.5, 0.6) is 23.0 Å². The molecule has 142 valence electrons. The molecule has 3 aromatic carbocycles. The molecule has 0 spiro atoms. The number of hydrogen-bond donors (Lipinski definition) is 1. The molecule has 3 aromatic rings. The average Bonchev–Trinajstić information content (AvgIpc) is 2.74. The Labute approximate surface area is 162 Å². The molecule has 0 aliphatic rings. The van der Waals surface area contributed by atoms with Gasteiger partial charge in [0.1, 0.15) is 17.2 Å². The van der Waals surface area contributed by atoms with Gasteiger partial charge in [-0.1, -0.05) is 30.3 Å². The van der Waals surface area contributed by atoms with E-state index in [-0.39, 0.29) is 12.5 Å². The second-order valence-corrected chi connectivity index (χ2v) is 5.77. The monoisotopic (exact) mass is 377 g/mol. The molecule has 3 rings (SSSR count). The molecule has 6 heteroatoms. The van der Waals surface area contributed by atoms with Crippen molar-refractivity contribution in [2.24, 2.45) is 0 Å². The van der Waals surface area contributed by atoms with Gasteiger partial charge in [0.2, 0.25) is 0 Å². The molecular weight excluding hydrogens is 358 g/mol. The lowest BCUT2D eigenvalue weighted by Crippen LogP contribution is -2.20. The summed E-state index contributed by atoms with van der Waals surface area (Å²) >= 11 is 0. The van der Waals surface area contributed by atoms with Gasteiger partial charge in [0.05, 0.1) is 18.4 Å². The largest absolute Gasteiger partial charge is 0.497 e. The summed E-state index contributed by atoms with van der Waals surface area (Å²) in [5, 5.41) is 2.76. The first-order chi connectivity index (χ1) is 13.7. The topological polar surface area (TPSA) is 73.9 Å². The van der Waals surface area contributed by atoms with E-state index >= 15 is 0 Å². The highest BCUT2D eigenvalue weighted by Crippen LogP contribution is 2.29. The lowest BCUT2D eigenvalue weighted by atomic mass is 10.2. The van der Waals surface area contributed by atoms with Crippen molar-refractivity contribution in [3.63, 3.8) is 0 Å². The van der Waals surface area contributed by atoms with Crippen LogP contribution in [0, 0.1) is 0 Å². The van der Waals surface area contributed by atoms with Crippen molar-refractivity contribution in [2.45, 2.75) is 0 Å². The summed E-state index contributed by atoms with van der Waals surface area (Å²) in [5.41, 5.74) is 0.824. The molecule has 1 amide bonds. The lowest BCUT2D eigenvalue weighted by Gasteiger charge is -2.13. The molecule has 0 unspecified atom stereocenters. The van der Waals surface area contributed by atoms with Crippen molar-refractivity contribution in [1.82, 2.24) is 0 Å². The second-order valence-electron chi connectivity index (χ2n) is 5.77. The molecule has 1 N–H and O–H groups in total. The van der Waals surface area contributed by atoms with E-state index in [2.05, 4.69) is 5.32 Å². The Bertz CT molecular complexity index is 956. The highest BCUT2D eigenvalue weighted by Gasteiger charge is 2.11. The van der Waals surface area contributed by atoms with Gasteiger partial charge in [0.25, 0.3) is 5.91 Å². The Morgan fingerprint density at radius 3 is 2.43 bits per heavy atom. The minimum absolute atomic E-state index is 0.257. The SMILES string of the molecule is COc1ccc(OCC(=O)Nc2ccccc2Oc2ccccc2)c(C=O)c1. The number of rotatable bonds is 8. The van der Waals surface area contributed by atoms with Crippen molar-refractivity contribution >= 4 is 17.9 Å². The number of nitrogens with one attached hydrogen (secondary N) is 1. The van der Waals surface area contributed by atoms with Crippen molar-refractivity contribution in [1.29, 1.82) is 0 Å². The van der Waals surface area contributed by atoms with Crippen LogP contribution in [-0.4, -0.2) is 25.9 Å². The summed E-state index contributed by atoms with van der Waals surface area (Å²) in [7, 11) is 1.51. The van der Waals surface area contributed by atoms with E-state index < -0.39 is 0 Å². The van der Waals surface area contributed by atoms with Gasteiger partial charge >= 0.3 is 0 Å². The van der Waals surface area contributed by atoms with Gasteiger partial charge in [0.15, 0.2) is 18.6 Å². The van der Waals surface area contributed by atoms with Crippen LogP contribution in [0.1, 0.15) is 10.4 Å². The van der Waals surface area contributed by atoms with E-state index in [1.807, 2.05) is 36.4 Å². The highest BCUT2D eigenvalue weighted by atomic mass is 16.5. The number of ether oxygens (including phenoxy) is 3. The molecule has 0 fully saturated rings. The molecule has 28 heavy (non-hydrogen) atoms. The number of aldehydes is 1. The van der Waals surface area contributed by atoms with Crippen molar-refractivity contribution in [3.8, 4) is 23.0 Å². The van der Waals surface area contributed by atoms with E-state index in [0.29, 0.717) is 40.5 Å². The second kappa shape index (κ2) is 9.23. The zero-order valence-corrected chi connectivity index (χ0v) is 15.3. The van der Waals surface area contributed by atoms with Gasteiger partial charge in [-0.3, -0.25) is 9.59 Å². The van der Waals surface area contributed by atoms with Crippen LogP contribution in [0.2, 0.25) is 0 Å². The van der Waals surface area contributed by atoms with Crippen LogP contribution in [0.4, 0.5) is 5.69 Å². The minimum atomic E-state index is -0.378. The number of benzene rings is 3. The zero-order valence-electron chi connectivity index (χ0n) is 15.3. The summed E-state index contributed by atoms with van der Waals surface area (Å²) in [6, 6.07) is 21.2. The first-order valence-electron chi connectivity index (χ1n) is 8.57. The third-order valence-corrected chi connectivity index (χ3v) is 3.83. The standard InChI is InChI=1S/C22H19NO5/c1-26-18-11-12-20(16(13-18)14-24)27-15-22(25)23-19-9-5-6-10-21(19)28-17-7-3-2-4-8-17/h2-14H,15H2,1H3,(H,23,25). The Morgan fingerprint density at radius 1 is 0.929 bits per heavy atom. The molecule has 0 aliphatic heterocycles. The van der Waals surface area contributed by atoms with Gasteiger partial charge in [-0.2, -0.15) is 0 Å². The number of para-hydroxylation sites is 3. The van der Waals surface area contributed by atoms with Crippen LogP contribution in [0.15, 0.2) is 72.8 Å². The van der Waals surface area contributed by atoms with E-state index in [0.717, 1.165) is 0 Å². The average molecular weight is 377 g/mol. The van der Waals surface area contributed by atoms with Gasteiger partial charge in [0, 0.05) is 0 Å². The normalized spacial score (nSPS) is 10.0. The molecule has 0 bridgehead atoms. The fourth-order valence-corrected chi connectivity index (χ4v) is 2.48. The van der Waals surface area contributed by atoms with Crippen molar-refractivity contribution in [2.75, 3.05) is 19.0 Å². The molecule has 0 saturated heterocycles. The van der Waals surface area contributed by atoms with Crippen LogP contribution < -0.4 is 19.5 Å². The number of hydrogen-bond acceptors (Lipinski definition) is 5. The minimum Gasteiger partial charge on any atom is -0.497 e. The number of methoxy groups -OCH3 is 1. The smallest absolute Gasteiger partial charge is 0.262 e. The highest BCUT2D eigenvalue weighted by molar-refractivity contribution is 5.93. The Balaban J connectivity index is 1.65. The number of amides is 1. The summed E-state index contributed by atoms with van der Waals surface area (Å²) < 4.78 is 16.4. The predicted molar refractivity (Wildman–Crippen MR) is 105 cm³/mol. The van der Waals surface area contributed by atoms with Crippen molar-refractivity contribution in [3.05, 3.63) is 78.4 Å². The quantitative estimate of drug-likeness (QED) is 0.592. The van der Waals surface area contributed by atoms with Crippen molar-refractivity contribution < 1.29 is 23.8 Å². The Morgan fingerprint density at radius 2 is 1.68 bits per heavy atom. The summed E-state index contributed by atoms with van der Waals surface area (Å²) in [6.45, 7) is -0.257. The van der Waals surface area contributed by atoms with Gasteiger partial charge in [-0.05, 0) is 42.5 Å². The predicted octanol–water partition coefficient (Wildman–Crippen LogP) is 4.32. The fourth-order valence-electron chi connectivity index (χ4n) is 2.48. The summed E-state index contributed by atoms with van der Waals surface area (Å²) in [4.78, 5) is 23.5. The van der Waals surface area contributed by atoms with Gasteiger partial charge in [-0.25, -0.2) is 0 Å². The van der Waals surface area contributed by atoms with E-state index in [1.54, 1.807) is 36.4 Å². The van der Waals surface area contributed by atoms with Gasteiger partial charge in [-0.15, -0.1) is 0 Å². The lowest BCUT2D eigenvalue weighted by molar-refractivity contribution is -0.118. The fraction of sp³-hybridized carbons (Fsp3) is 0.0909. The maximum absolute atomic E-state index is 12.3. The molecule has 0 aromatic heterocycles. The van der Waals surface area contributed by atoms with E-state index in [4.69, 9.17) is 14.2 Å². The molecule has 0 radical (unpaired) electrons. The van der Waals surface area contributed by atoms with E-state index in [1.165, 1.54) is 7.11 Å².